The highest BCUT2D eigenvalue weighted by atomic mass is 16.1. The summed E-state index contributed by atoms with van der Waals surface area (Å²) in [7, 11) is 0. The van der Waals surface area contributed by atoms with Gasteiger partial charge < -0.3 is 5.32 Å². The lowest BCUT2D eigenvalue weighted by Gasteiger charge is -2.11. The highest BCUT2D eigenvalue weighted by Crippen LogP contribution is 2.19. The van der Waals surface area contributed by atoms with Gasteiger partial charge in [-0.1, -0.05) is 19.9 Å². The van der Waals surface area contributed by atoms with Crippen molar-refractivity contribution in [2.24, 2.45) is 0 Å². The Morgan fingerprint density at radius 2 is 2.13 bits per heavy atom. The molecule has 15 heavy (non-hydrogen) atoms. The molecule has 2 heteroatoms. The van der Waals surface area contributed by atoms with Crippen molar-refractivity contribution < 1.29 is 6.22 Å². The van der Waals surface area contributed by atoms with Crippen LogP contribution in [0.2, 0.25) is 0 Å². The Morgan fingerprint density at radius 3 is 2.60 bits per heavy atom. The molecule has 0 atom stereocenters. The minimum Gasteiger partial charge on any atom is -0.352 e. The molecular formula is C13H21NO. The first-order valence-corrected chi connectivity index (χ1v) is 5.45. The zero-order chi connectivity index (χ0) is 11.4. The third-order valence-electron chi connectivity index (χ3n) is 2.49. The summed E-state index contributed by atoms with van der Waals surface area (Å²) >= 11 is 0. The van der Waals surface area contributed by atoms with E-state index in [0.717, 1.165) is 5.56 Å². The normalized spacial score (nSPS) is 10.5. The number of hydrogen-bond acceptors (Lipinski definition) is 1. The minimum absolute atomic E-state index is 0. The van der Waals surface area contributed by atoms with E-state index in [1.54, 1.807) is 0 Å². The Labute approximate surface area is 93.2 Å². The van der Waals surface area contributed by atoms with E-state index < -0.39 is 0 Å². The summed E-state index contributed by atoms with van der Waals surface area (Å²) in [6, 6.07) is 5.90. The fraction of sp³-hybridized carbons (Fsp3) is 0.462. The monoisotopic (exact) mass is 207 g/mol. The van der Waals surface area contributed by atoms with Gasteiger partial charge in [0, 0.05) is 13.5 Å². The molecule has 0 fully saturated rings. The highest BCUT2D eigenvalue weighted by molar-refractivity contribution is 5.94. The largest absolute Gasteiger partial charge is 0.352 e. The zero-order valence-corrected chi connectivity index (χ0v) is 9.92. The van der Waals surface area contributed by atoms with Crippen LogP contribution < -0.4 is 5.32 Å². The fourth-order valence-electron chi connectivity index (χ4n) is 1.73. The summed E-state index contributed by atoms with van der Waals surface area (Å²) in [5.41, 5.74) is 3.25. The molecule has 0 bridgehead atoms. The van der Waals surface area contributed by atoms with Gasteiger partial charge in [0.2, 0.25) is 0 Å². The van der Waals surface area contributed by atoms with Gasteiger partial charge in [-0.15, -0.1) is 0 Å². The molecular weight excluding hydrogens is 186 g/mol. The zero-order valence-electron chi connectivity index (χ0n) is 9.92. The molecule has 0 saturated heterocycles. The van der Waals surface area contributed by atoms with E-state index in [0.29, 0.717) is 12.5 Å². The first-order valence-electron chi connectivity index (χ1n) is 5.45. The number of benzene rings is 1. The second kappa shape index (κ2) is 4.96. The number of aryl methyl sites for hydroxylation is 1. The molecule has 0 aliphatic carbocycles. The van der Waals surface area contributed by atoms with E-state index in [2.05, 4.69) is 26.1 Å². The van der Waals surface area contributed by atoms with Crippen molar-refractivity contribution in [1.82, 2.24) is 5.32 Å². The molecule has 0 unspecified atom stereocenters. The van der Waals surface area contributed by atoms with Crippen LogP contribution in [-0.4, -0.2) is 12.5 Å². The van der Waals surface area contributed by atoms with E-state index >= 15 is 0 Å². The number of carbonyl (C=O) groups is 1. The lowest BCUT2D eigenvalue weighted by molar-refractivity contribution is 0.0955. The van der Waals surface area contributed by atoms with E-state index in [4.69, 9.17) is 0 Å². The standard InChI is InChI=1S/C13H19NO.H2/c1-5-14-13(15)11-6-7-12(9(2)3)10(4)8-11;/h6-9H,5H2,1-4H3,(H,14,15);1H. The smallest absolute Gasteiger partial charge is 0.251 e. The molecule has 1 N–H and O–H groups in total. The Balaban J connectivity index is 0.00000225. The lowest BCUT2D eigenvalue weighted by Crippen LogP contribution is -2.22. The van der Waals surface area contributed by atoms with Crippen molar-refractivity contribution in [2.75, 3.05) is 6.54 Å². The van der Waals surface area contributed by atoms with Gasteiger partial charge in [0.25, 0.3) is 5.91 Å². The number of rotatable bonds is 3. The second-order valence-corrected chi connectivity index (χ2v) is 4.09. The van der Waals surface area contributed by atoms with Crippen LogP contribution in [-0.2, 0) is 0 Å². The van der Waals surface area contributed by atoms with Crippen LogP contribution >= 0.6 is 0 Å². The van der Waals surface area contributed by atoms with Crippen molar-refractivity contribution in [3.63, 3.8) is 0 Å². The van der Waals surface area contributed by atoms with Crippen molar-refractivity contribution in [1.29, 1.82) is 0 Å². The molecule has 0 aliphatic rings. The average molecular weight is 207 g/mol. The van der Waals surface area contributed by atoms with Crippen molar-refractivity contribution in [2.45, 2.75) is 33.6 Å². The Bertz CT molecular complexity index is 361. The lowest BCUT2D eigenvalue weighted by atomic mass is 9.96. The molecule has 0 radical (unpaired) electrons. The van der Waals surface area contributed by atoms with Crippen LogP contribution in [0, 0.1) is 6.92 Å². The number of nitrogens with one attached hydrogen (secondary N) is 1. The maximum Gasteiger partial charge on any atom is 0.251 e. The van der Waals surface area contributed by atoms with Gasteiger partial charge in [-0.2, -0.15) is 0 Å². The summed E-state index contributed by atoms with van der Waals surface area (Å²) in [6.07, 6.45) is 0. The Kier molecular flexibility index (Phi) is 3.89. The minimum atomic E-state index is 0. The van der Waals surface area contributed by atoms with E-state index in [9.17, 15) is 4.79 Å². The van der Waals surface area contributed by atoms with E-state index in [1.807, 2.05) is 25.1 Å². The van der Waals surface area contributed by atoms with Gasteiger partial charge in [0.1, 0.15) is 0 Å². The fourth-order valence-corrected chi connectivity index (χ4v) is 1.73. The topological polar surface area (TPSA) is 29.1 Å². The number of amides is 1. The molecule has 84 valence electrons. The van der Waals surface area contributed by atoms with Crippen LogP contribution in [0.25, 0.3) is 0 Å². The maximum atomic E-state index is 11.6. The first-order chi connectivity index (χ1) is 7.06. The molecule has 0 spiro atoms. The van der Waals surface area contributed by atoms with Crippen molar-refractivity contribution in [3.8, 4) is 0 Å². The van der Waals surface area contributed by atoms with Gasteiger partial charge >= 0.3 is 0 Å². The molecule has 2 nitrogen and oxygen atoms in total. The van der Waals surface area contributed by atoms with Gasteiger partial charge in [0.15, 0.2) is 0 Å². The quantitative estimate of drug-likeness (QED) is 0.810. The van der Waals surface area contributed by atoms with Crippen molar-refractivity contribution >= 4 is 5.91 Å². The van der Waals surface area contributed by atoms with Crippen molar-refractivity contribution in [3.05, 3.63) is 34.9 Å². The summed E-state index contributed by atoms with van der Waals surface area (Å²) in [4.78, 5) is 11.6. The van der Waals surface area contributed by atoms with Crippen LogP contribution in [0.1, 0.15) is 49.6 Å². The Morgan fingerprint density at radius 1 is 1.47 bits per heavy atom. The van der Waals surface area contributed by atoms with E-state index in [-0.39, 0.29) is 7.33 Å². The van der Waals surface area contributed by atoms with E-state index in [1.165, 1.54) is 11.1 Å². The van der Waals surface area contributed by atoms with Crippen LogP contribution in [0.3, 0.4) is 0 Å². The van der Waals surface area contributed by atoms with Gasteiger partial charge in [-0.05, 0) is 43.0 Å². The molecule has 0 saturated carbocycles. The summed E-state index contributed by atoms with van der Waals surface area (Å²) in [5.74, 6) is 0.518. The third kappa shape index (κ3) is 2.82. The predicted octanol–water partition coefficient (Wildman–Crippen LogP) is 3.11. The summed E-state index contributed by atoms with van der Waals surface area (Å²) in [5, 5.41) is 2.80. The molecule has 1 amide bonds. The summed E-state index contributed by atoms with van der Waals surface area (Å²) in [6.45, 7) is 8.97. The van der Waals surface area contributed by atoms with Crippen LogP contribution in [0.15, 0.2) is 18.2 Å². The maximum absolute atomic E-state index is 11.6. The van der Waals surface area contributed by atoms with Gasteiger partial charge in [-0.25, -0.2) is 0 Å². The summed E-state index contributed by atoms with van der Waals surface area (Å²) < 4.78 is 0. The third-order valence-corrected chi connectivity index (χ3v) is 2.49. The number of carbonyl (C=O) groups excluding carboxylic acids is 1. The first kappa shape index (κ1) is 11.8. The molecule has 1 aromatic rings. The molecule has 0 heterocycles. The molecule has 1 rings (SSSR count). The molecule has 1 aromatic carbocycles. The average Bonchev–Trinajstić information content (AvgIpc) is 2.17. The second-order valence-electron chi connectivity index (χ2n) is 4.09. The number of hydrogen-bond donors (Lipinski definition) is 1. The predicted molar refractivity (Wildman–Crippen MR) is 65.4 cm³/mol. The molecule has 0 aliphatic heterocycles. The van der Waals surface area contributed by atoms with Crippen LogP contribution in [0.5, 0.6) is 0 Å². The van der Waals surface area contributed by atoms with Crippen LogP contribution in [0.4, 0.5) is 0 Å². The van der Waals surface area contributed by atoms with Gasteiger partial charge in [-0.3, -0.25) is 4.79 Å². The SMILES string of the molecule is CCNC(=O)c1ccc(C(C)C)c(C)c1.[HH]. The Hall–Kier alpha value is -1.31. The highest BCUT2D eigenvalue weighted by Gasteiger charge is 2.08. The van der Waals surface area contributed by atoms with Gasteiger partial charge in [0.05, 0.1) is 0 Å². The molecule has 0 aromatic heterocycles.